The third-order valence-corrected chi connectivity index (χ3v) is 6.88. The molecule has 36 heavy (non-hydrogen) atoms. The summed E-state index contributed by atoms with van der Waals surface area (Å²) in [7, 11) is 0. The van der Waals surface area contributed by atoms with Crippen LogP contribution in [-0.4, -0.2) is 48.5 Å². The number of hydrogen-bond acceptors (Lipinski definition) is 7. The Labute approximate surface area is 206 Å². The van der Waals surface area contributed by atoms with Crippen molar-refractivity contribution in [2.75, 3.05) is 24.0 Å². The lowest BCUT2D eigenvalue weighted by molar-refractivity contribution is 0.0711. The van der Waals surface area contributed by atoms with E-state index in [0.29, 0.717) is 24.5 Å². The second-order valence-corrected chi connectivity index (χ2v) is 9.01. The highest BCUT2D eigenvalue weighted by molar-refractivity contribution is 5.95. The molecular formula is C26H24N7O3-. The largest absolute Gasteiger partial charge is 0.733 e. The van der Waals surface area contributed by atoms with Gasteiger partial charge in [-0.25, -0.2) is 9.97 Å². The molecule has 1 aliphatic heterocycles. The summed E-state index contributed by atoms with van der Waals surface area (Å²) in [4.78, 5) is 27.6. The van der Waals surface area contributed by atoms with E-state index in [1.165, 1.54) is 12.1 Å². The van der Waals surface area contributed by atoms with E-state index in [4.69, 9.17) is 15.9 Å². The van der Waals surface area contributed by atoms with Crippen LogP contribution in [0, 0.1) is 5.21 Å². The quantitative estimate of drug-likeness (QED) is 0.327. The first-order chi connectivity index (χ1) is 17.5. The molecule has 2 aromatic carbocycles. The fraction of sp³-hybridized carbons (Fsp3) is 0.192. The van der Waals surface area contributed by atoms with Gasteiger partial charge in [-0.2, -0.15) is 0 Å². The molecule has 1 amide bonds. The number of hydrogen-bond donors (Lipinski definition) is 3. The van der Waals surface area contributed by atoms with Crippen molar-refractivity contribution in [3.63, 3.8) is 0 Å². The van der Waals surface area contributed by atoms with E-state index in [1.54, 1.807) is 18.3 Å². The van der Waals surface area contributed by atoms with Crippen molar-refractivity contribution in [3.05, 3.63) is 83.6 Å². The van der Waals surface area contributed by atoms with Crippen molar-refractivity contribution in [2.24, 2.45) is 0 Å². The second kappa shape index (κ2) is 8.67. The summed E-state index contributed by atoms with van der Waals surface area (Å²) in [6.45, 7) is 1.16. The summed E-state index contributed by atoms with van der Waals surface area (Å²) >= 11 is 0. The van der Waals surface area contributed by atoms with Gasteiger partial charge < -0.3 is 26.1 Å². The Balaban J connectivity index is 1.27. The van der Waals surface area contributed by atoms with Crippen molar-refractivity contribution in [1.29, 1.82) is 0 Å². The average Bonchev–Trinajstić information content (AvgIpc) is 3.51. The number of fused-ring (bicyclic) bond motifs is 2. The Bertz CT molecular complexity index is 1530. The number of imidazole rings is 1. The van der Waals surface area contributed by atoms with Crippen molar-refractivity contribution in [1.82, 2.24) is 24.3 Å². The Morgan fingerprint density at radius 3 is 2.61 bits per heavy atom. The van der Waals surface area contributed by atoms with Crippen molar-refractivity contribution in [2.45, 2.75) is 18.8 Å². The zero-order valence-corrected chi connectivity index (χ0v) is 19.3. The Hall–Kier alpha value is -4.41. The van der Waals surface area contributed by atoms with Crippen LogP contribution in [0.5, 0.6) is 0 Å². The molecule has 0 unspecified atom stereocenters. The summed E-state index contributed by atoms with van der Waals surface area (Å²) in [6.07, 6.45) is 5.07. The number of H-pyrrole nitrogens is 1. The van der Waals surface area contributed by atoms with Crippen LogP contribution >= 0.6 is 0 Å². The lowest BCUT2D eigenvalue weighted by atomic mass is 9.95. The molecule has 10 heteroatoms. The number of nitrogens with two attached hydrogens (primary N) is 1. The second-order valence-electron chi connectivity index (χ2n) is 9.01. The monoisotopic (exact) mass is 482 g/mol. The van der Waals surface area contributed by atoms with E-state index >= 15 is 0 Å². The number of amides is 1. The number of aromatic amines is 1. The van der Waals surface area contributed by atoms with E-state index in [-0.39, 0.29) is 22.7 Å². The van der Waals surface area contributed by atoms with Crippen molar-refractivity contribution in [3.8, 4) is 11.4 Å². The van der Waals surface area contributed by atoms with E-state index in [2.05, 4.69) is 22.1 Å². The number of rotatable bonds is 4. The molecule has 6 rings (SSSR count). The van der Waals surface area contributed by atoms with E-state index in [0.717, 1.165) is 46.5 Å². The predicted molar refractivity (Wildman–Crippen MR) is 137 cm³/mol. The number of carbonyl (C=O) groups excluding carboxylic acids is 1. The molecule has 1 aliphatic rings. The van der Waals surface area contributed by atoms with Crippen LogP contribution in [0.2, 0.25) is 0 Å². The number of piperidine rings is 1. The third kappa shape index (κ3) is 3.72. The number of nitrogen functional groups attached to an aromatic ring is 1. The zero-order valence-electron chi connectivity index (χ0n) is 19.3. The summed E-state index contributed by atoms with van der Waals surface area (Å²) in [5.41, 5.74) is 10.3. The van der Waals surface area contributed by atoms with E-state index in [9.17, 15) is 10.0 Å². The summed E-state index contributed by atoms with van der Waals surface area (Å²) < 4.78 is 2.02. The van der Waals surface area contributed by atoms with Gasteiger partial charge in [0.15, 0.2) is 0 Å². The molecular weight excluding hydrogens is 458 g/mol. The fourth-order valence-electron chi connectivity index (χ4n) is 5.02. The SMILES string of the molecule is Nc1nccn2c(C3CCN(C(=O)c4ccc(N([O-])O)cc4)CC3)nc(-c3cc4ccccc4[nH]3)c12. The molecule has 4 heterocycles. The minimum atomic E-state index is -0.221. The molecule has 3 aromatic heterocycles. The van der Waals surface area contributed by atoms with Crippen LogP contribution in [-0.2, 0) is 0 Å². The smallest absolute Gasteiger partial charge is 0.253 e. The first-order valence-corrected chi connectivity index (χ1v) is 11.8. The van der Waals surface area contributed by atoms with Gasteiger partial charge in [-0.3, -0.25) is 14.4 Å². The Kier molecular flexibility index (Phi) is 5.32. The minimum absolute atomic E-state index is 0.0796. The normalized spacial score (nSPS) is 14.6. The topological polar surface area (TPSA) is 139 Å². The molecule has 0 atom stereocenters. The highest BCUT2D eigenvalue weighted by Gasteiger charge is 2.29. The van der Waals surface area contributed by atoms with E-state index in [1.807, 2.05) is 33.7 Å². The summed E-state index contributed by atoms with van der Waals surface area (Å²) in [6, 6.07) is 16.1. The average molecular weight is 483 g/mol. The lowest BCUT2D eigenvalue weighted by Gasteiger charge is -2.31. The molecule has 182 valence electrons. The third-order valence-electron chi connectivity index (χ3n) is 6.88. The number of aromatic nitrogens is 4. The zero-order chi connectivity index (χ0) is 24.8. The van der Waals surface area contributed by atoms with Crippen LogP contribution in [0.4, 0.5) is 11.5 Å². The number of para-hydroxylation sites is 1. The van der Waals surface area contributed by atoms with Crippen LogP contribution in [0.15, 0.2) is 67.0 Å². The highest BCUT2D eigenvalue weighted by Crippen LogP contribution is 2.35. The number of likely N-dealkylation sites (tertiary alicyclic amines) is 1. The van der Waals surface area contributed by atoms with Gasteiger partial charge in [0, 0.05) is 47.9 Å². The van der Waals surface area contributed by atoms with Crippen LogP contribution in [0.3, 0.4) is 0 Å². The van der Waals surface area contributed by atoms with Crippen LogP contribution < -0.4 is 11.0 Å². The standard InChI is InChI=1S/C26H24N7O3/c27-24-23-22(21-15-18-3-1-2-4-20(18)29-21)30-25(32(23)14-11-28-24)16-9-12-31(13-10-16)26(34)17-5-7-19(8-6-17)33(35)36/h1-8,11,14-16,29,35H,9-10,12-13H2,(H2,27,28)/q-1. The molecule has 4 N–H and O–H groups in total. The molecule has 1 fully saturated rings. The molecule has 0 saturated carbocycles. The predicted octanol–water partition coefficient (Wildman–Crippen LogP) is 4.17. The molecule has 1 saturated heterocycles. The number of anilines is 2. The van der Waals surface area contributed by atoms with Gasteiger partial charge in [0.2, 0.25) is 0 Å². The first-order valence-electron chi connectivity index (χ1n) is 11.8. The molecule has 10 nitrogen and oxygen atoms in total. The molecule has 5 aromatic rings. The maximum Gasteiger partial charge on any atom is 0.253 e. The fourth-order valence-corrected chi connectivity index (χ4v) is 5.02. The van der Waals surface area contributed by atoms with Gasteiger partial charge in [0.05, 0.1) is 11.4 Å². The number of benzene rings is 2. The number of nitrogens with zero attached hydrogens (tertiary/aromatic N) is 5. The molecule has 0 bridgehead atoms. The lowest BCUT2D eigenvalue weighted by Crippen LogP contribution is -2.38. The van der Waals surface area contributed by atoms with Gasteiger partial charge >= 0.3 is 0 Å². The van der Waals surface area contributed by atoms with Crippen molar-refractivity contribution < 1.29 is 10.0 Å². The maximum atomic E-state index is 13.0. The maximum absolute atomic E-state index is 13.0. The van der Waals surface area contributed by atoms with Gasteiger partial charge in [-0.1, -0.05) is 18.2 Å². The van der Waals surface area contributed by atoms with Gasteiger partial charge in [-0.05, 0) is 49.2 Å². The van der Waals surface area contributed by atoms with Gasteiger partial charge in [0.25, 0.3) is 5.91 Å². The highest BCUT2D eigenvalue weighted by atomic mass is 16.8. The minimum Gasteiger partial charge on any atom is -0.733 e. The van der Waals surface area contributed by atoms with E-state index < -0.39 is 0 Å². The van der Waals surface area contributed by atoms with Crippen LogP contribution in [0.25, 0.3) is 27.8 Å². The number of carbonyl (C=O) groups is 1. The number of nitrogens with one attached hydrogen (secondary N) is 1. The van der Waals surface area contributed by atoms with Crippen molar-refractivity contribution >= 4 is 33.8 Å². The first kappa shape index (κ1) is 22.1. The summed E-state index contributed by atoms with van der Waals surface area (Å²) in [5, 5.41) is 20.9. The summed E-state index contributed by atoms with van der Waals surface area (Å²) in [5.74, 6) is 1.37. The van der Waals surface area contributed by atoms with Gasteiger partial charge in [-0.15, -0.1) is 0 Å². The molecule has 0 spiro atoms. The molecule has 0 aliphatic carbocycles. The Morgan fingerprint density at radius 1 is 1.14 bits per heavy atom. The van der Waals surface area contributed by atoms with Gasteiger partial charge in [0.1, 0.15) is 22.9 Å². The molecule has 0 radical (unpaired) electrons. The Morgan fingerprint density at radius 2 is 1.89 bits per heavy atom. The van der Waals surface area contributed by atoms with Crippen LogP contribution in [0.1, 0.15) is 34.9 Å².